The van der Waals surface area contributed by atoms with Crippen molar-refractivity contribution in [3.63, 3.8) is 0 Å². The number of Topliss-reactive ketones (excluding diaryl/α,β-unsaturated/α-hetero) is 1. The predicted octanol–water partition coefficient (Wildman–Crippen LogP) is 1.65. The van der Waals surface area contributed by atoms with Crippen molar-refractivity contribution in [3.05, 3.63) is 0 Å². The van der Waals surface area contributed by atoms with Crippen molar-refractivity contribution < 1.29 is 4.79 Å². The molecule has 0 aromatic heterocycles. The van der Waals surface area contributed by atoms with Gasteiger partial charge in [-0.15, -0.1) is 11.8 Å². The van der Waals surface area contributed by atoms with Crippen LogP contribution in [0.25, 0.3) is 0 Å². The second-order valence-corrected chi connectivity index (χ2v) is 3.68. The van der Waals surface area contributed by atoms with Gasteiger partial charge in [0.25, 0.3) is 0 Å². The van der Waals surface area contributed by atoms with Crippen LogP contribution in [0.15, 0.2) is 0 Å². The van der Waals surface area contributed by atoms with E-state index in [0.717, 1.165) is 5.75 Å². The monoisotopic (exact) mass is 175 g/mol. The molecule has 0 radical (unpaired) electrons. The molecule has 2 atom stereocenters. The lowest BCUT2D eigenvalue weighted by atomic mass is 10.2. The van der Waals surface area contributed by atoms with Crippen LogP contribution < -0.4 is 5.32 Å². The molecule has 0 aromatic carbocycles. The zero-order valence-electron chi connectivity index (χ0n) is 7.68. The fourth-order valence-corrected chi connectivity index (χ4v) is 1.93. The zero-order chi connectivity index (χ0) is 8.85. The molecule has 0 amide bonds. The van der Waals surface area contributed by atoms with E-state index in [-0.39, 0.29) is 11.8 Å². The summed E-state index contributed by atoms with van der Waals surface area (Å²) < 4.78 is 0. The van der Waals surface area contributed by atoms with Gasteiger partial charge in [-0.1, -0.05) is 13.8 Å². The Morgan fingerprint density at radius 3 is 2.27 bits per heavy atom. The van der Waals surface area contributed by atoms with Crippen LogP contribution in [0.1, 0.15) is 27.7 Å². The van der Waals surface area contributed by atoms with E-state index in [4.69, 9.17) is 0 Å². The normalized spacial score (nSPS) is 29.1. The number of hydrogen-bond donors (Lipinski definition) is 1. The Balaban J connectivity index is 0.000000461. The molecule has 1 aliphatic rings. The van der Waals surface area contributed by atoms with Crippen LogP contribution in [-0.4, -0.2) is 23.0 Å². The van der Waals surface area contributed by atoms with E-state index in [1.54, 1.807) is 18.7 Å². The van der Waals surface area contributed by atoms with E-state index in [1.807, 2.05) is 13.8 Å². The maximum atomic E-state index is 10.7. The lowest BCUT2D eigenvalue weighted by Crippen LogP contribution is -2.33. The van der Waals surface area contributed by atoms with Gasteiger partial charge in [-0.25, -0.2) is 0 Å². The van der Waals surface area contributed by atoms with Crippen LogP contribution >= 0.6 is 11.8 Å². The third kappa shape index (κ3) is 3.77. The van der Waals surface area contributed by atoms with E-state index < -0.39 is 0 Å². The Labute approximate surface area is 73.1 Å². The zero-order valence-corrected chi connectivity index (χ0v) is 8.49. The molecule has 1 heterocycles. The summed E-state index contributed by atoms with van der Waals surface area (Å²) in [5.41, 5.74) is 0. The highest BCUT2D eigenvalue weighted by Gasteiger charge is 2.23. The molecule has 1 rings (SSSR count). The van der Waals surface area contributed by atoms with Gasteiger partial charge in [0.05, 0.1) is 11.4 Å². The first kappa shape index (κ1) is 11.0. The molecule has 0 aliphatic carbocycles. The number of carbonyl (C=O) groups excluding carboxylic acids is 1. The maximum Gasteiger partial charge on any atom is 0.147 e. The van der Waals surface area contributed by atoms with E-state index in [2.05, 4.69) is 12.2 Å². The van der Waals surface area contributed by atoms with Crippen molar-refractivity contribution in [1.82, 2.24) is 5.32 Å². The summed E-state index contributed by atoms with van der Waals surface area (Å²) >= 11 is 1.80. The largest absolute Gasteiger partial charge is 0.298 e. The first-order valence-corrected chi connectivity index (χ1v) is 5.13. The SMILES string of the molecule is CC.CC(=O)C1CSC(C)N1. The summed E-state index contributed by atoms with van der Waals surface area (Å²) in [6.45, 7) is 7.71. The Morgan fingerprint density at radius 1 is 1.55 bits per heavy atom. The van der Waals surface area contributed by atoms with Gasteiger partial charge >= 0.3 is 0 Å². The lowest BCUT2D eigenvalue weighted by molar-refractivity contribution is -0.118. The van der Waals surface area contributed by atoms with Gasteiger partial charge in [0.2, 0.25) is 0 Å². The van der Waals surface area contributed by atoms with Crippen molar-refractivity contribution in [2.45, 2.75) is 39.1 Å². The van der Waals surface area contributed by atoms with E-state index in [9.17, 15) is 4.79 Å². The quantitative estimate of drug-likeness (QED) is 0.657. The van der Waals surface area contributed by atoms with Crippen LogP contribution in [-0.2, 0) is 4.79 Å². The number of nitrogens with one attached hydrogen (secondary N) is 1. The van der Waals surface area contributed by atoms with Crippen molar-refractivity contribution in [2.24, 2.45) is 0 Å². The highest BCUT2D eigenvalue weighted by atomic mass is 32.2. The van der Waals surface area contributed by atoms with Gasteiger partial charge < -0.3 is 0 Å². The molecule has 1 fully saturated rings. The Bertz CT molecular complexity index is 127. The van der Waals surface area contributed by atoms with Crippen LogP contribution in [0.2, 0.25) is 0 Å². The van der Waals surface area contributed by atoms with Crippen molar-refractivity contribution in [3.8, 4) is 0 Å². The summed E-state index contributed by atoms with van der Waals surface area (Å²) in [7, 11) is 0. The summed E-state index contributed by atoms with van der Waals surface area (Å²) in [5, 5.41) is 3.62. The number of thioether (sulfide) groups is 1. The molecule has 0 saturated carbocycles. The molecule has 3 heteroatoms. The minimum atomic E-state index is 0.116. The fraction of sp³-hybridized carbons (Fsp3) is 0.875. The van der Waals surface area contributed by atoms with Crippen LogP contribution in [0, 0.1) is 0 Å². The van der Waals surface area contributed by atoms with E-state index in [1.165, 1.54) is 0 Å². The minimum absolute atomic E-state index is 0.116. The molecule has 2 nitrogen and oxygen atoms in total. The van der Waals surface area contributed by atoms with Crippen LogP contribution in [0.5, 0.6) is 0 Å². The molecule has 0 spiro atoms. The molecule has 11 heavy (non-hydrogen) atoms. The average molecular weight is 175 g/mol. The first-order chi connectivity index (χ1) is 5.20. The predicted molar refractivity (Wildman–Crippen MR) is 50.9 cm³/mol. The van der Waals surface area contributed by atoms with Crippen LogP contribution in [0.4, 0.5) is 0 Å². The van der Waals surface area contributed by atoms with Crippen molar-refractivity contribution >= 4 is 17.5 Å². The Kier molecular flexibility index (Phi) is 5.60. The van der Waals surface area contributed by atoms with Gasteiger partial charge in [-0.3, -0.25) is 10.1 Å². The van der Waals surface area contributed by atoms with Gasteiger partial charge in [0.15, 0.2) is 0 Å². The molecule has 2 unspecified atom stereocenters. The number of carbonyl (C=O) groups is 1. The second kappa shape index (κ2) is 5.61. The molecule has 1 aliphatic heterocycles. The topological polar surface area (TPSA) is 29.1 Å². The van der Waals surface area contributed by atoms with Gasteiger partial charge in [0.1, 0.15) is 5.78 Å². The Hall–Kier alpha value is -0.0200. The van der Waals surface area contributed by atoms with Crippen molar-refractivity contribution in [1.29, 1.82) is 0 Å². The fourth-order valence-electron chi connectivity index (χ4n) is 0.855. The van der Waals surface area contributed by atoms with Gasteiger partial charge in [-0.05, 0) is 13.8 Å². The summed E-state index contributed by atoms with van der Waals surface area (Å²) in [6, 6.07) is 0.116. The number of ketones is 1. The number of rotatable bonds is 1. The molecular formula is C8H17NOS. The molecular weight excluding hydrogens is 158 g/mol. The third-order valence-electron chi connectivity index (χ3n) is 1.44. The third-order valence-corrected chi connectivity index (χ3v) is 2.60. The summed E-state index contributed by atoms with van der Waals surface area (Å²) in [5.74, 6) is 1.20. The Morgan fingerprint density at radius 2 is 2.09 bits per heavy atom. The first-order valence-electron chi connectivity index (χ1n) is 4.08. The van der Waals surface area contributed by atoms with E-state index >= 15 is 0 Å². The molecule has 1 saturated heterocycles. The second-order valence-electron chi connectivity index (χ2n) is 2.31. The lowest BCUT2D eigenvalue weighted by Gasteiger charge is -2.04. The minimum Gasteiger partial charge on any atom is -0.298 e. The smallest absolute Gasteiger partial charge is 0.147 e. The highest BCUT2D eigenvalue weighted by Crippen LogP contribution is 2.17. The van der Waals surface area contributed by atoms with Gasteiger partial charge in [0, 0.05) is 5.75 Å². The molecule has 1 N–H and O–H groups in total. The number of hydrogen-bond acceptors (Lipinski definition) is 3. The van der Waals surface area contributed by atoms with Crippen molar-refractivity contribution in [2.75, 3.05) is 5.75 Å². The van der Waals surface area contributed by atoms with Gasteiger partial charge in [-0.2, -0.15) is 0 Å². The summed E-state index contributed by atoms with van der Waals surface area (Å²) in [4.78, 5) is 10.7. The standard InChI is InChI=1S/C6H11NOS.C2H6/c1-4(8)6-3-9-5(2)7-6;1-2/h5-7H,3H2,1-2H3;1-2H3. The molecule has 66 valence electrons. The average Bonchev–Trinajstić information content (AvgIpc) is 2.40. The molecule has 0 bridgehead atoms. The van der Waals surface area contributed by atoms with E-state index in [0.29, 0.717) is 5.37 Å². The maximum absolute atomic E-state index is 10.7. The van der Waals surface area contributed by atoms with Crippen LogP contribution in [0.3, 0.4) is 0 Å². The molecule has 0 aromatic rings. The highest BCUT2D eigenvalue weighted by molar-refractivity contribution is 8.00. The summed E-state index contributed by atoms with van der Waals surface area (Å²) in [6.07, 6.45) is 0.